The number of carbonyl (C=O) groups is 3. The smallest absolute Gasteiger partial charge is 0.313 e. The summed E-state index contributed by atoms with van der Waals surface area (Å²) in [6.07, 6.45) is 0. The molecule has 8 heteroatoms. The molecule has 1 aliphatic heterocycles. The maximum absolute atomic E-state index is 12.5. The van der Waals surface area contributed by atoms with E-state index in [1.165, 1.54) is 0 Å². The monoisotopic (exact) mass is 410 g/mol. The molecule has 0 bridgehead atoms. The van der Waals surface area contributed by atoms with E-state index in [0.717, 1.165) is 13.1 Å². The molecule has 1 fully saturated rings. The Labute approximate surface area is 175 Å². The Kier molecular flexibility index (Phi) is 7.40. The first-order chi connectivity index (χ1) is 14.6. The van der Waals surface area contributed by atoms with Crippen LogP contribution < -0.4 is 15.4 Å². The lowest BCUT2D eigenvalue weighted by Gasteiger charge is -2.34. The lowest BCUT2D eigenvalue weighted by Crippen LogP contribution is -2.50. The molecule has 0 unspecified atom stereocenters. The minimum absolute atomic E-state index is 0.0405. The van der Waals surface area contributed by atoms with Gasteiger partial charge in [0.2, 0.25) is 0 Å². The van der Waals surface area contributed by atoms with Gasteiger partial charge in [0.05, 0.1) is 7.11 Å². The molecule has 2 aromatic rings. The molecule has 1 saturated heterocycles. The fraction of sp³-hybridized carbons (Fsp3) is 0.318. The molecule has 1 heterocycles. The van der Waals surface area contributed by atoms with Crippen LogP contribution in [0.4, 0.5) is 5.69 Å². The van der Waals surface area contributed by atoms with Crippen molar-refractivity contribution in [3.8, 4) is 5.75 Å². The zero-order valence-corrected chi connectivity index (χ0v) is 17.0. The van der Waals surface area contributed by atoms with Crippen LogP contribution in [0.5, 0.6) is 5.75 Å². The van der Waals surface area contributed by atoms with Crippen LogP contribution in [-0.4, -0.2) is 73.9 Å². The van der Waals surface area contributed by atoms with E-state index in [1.54, 1.807) is 31.4 Å². The van der Waals surface area contributed by atoms with Gasteiger partial charge >= 0.3 is 11.8 Å². The van der Waals surface area contributed by atoms with Crippen LogP contribution in [0.1, 0.15) is 10.4 Å². The second-order valence-corrected chi connectivity index (χ2v) is 6.94. The summed E-state index contributed by atoms with van der Waals surface area (Å²) in [5.74, 6) is -0.677. The number of hydrogen-bond donors (Lipinski definition) is 2. The number of methoxy groups -OCH3 is 1. The van der Waals surface area contributed by atoms with Crippen LogP contribution in [0, 0.1) is 0 Å². The predicted octanol–water partition coefficient (Wildman–Crippen LogP) is 1.21. The predicted molar refractivity (Wildman–Crippen MR) is 113 cm³/mol. The number of amides is 3. The Morgan fingerprint density at radius 1 is 0.900 bits per heavy atom. The van der Waals surface area contributed by atoms with E-state index in [0.29, 0.717) is 43.2 Å². The average molecular weight is 410 g/mol. The van der Waals surface area contributed by atoms with E-state index < -0.39 is 11.8 Å². The summed E-state index contributed by atoms with van der Waals surface area (Å²) in [7, 11) is 1.56. The Morgan fingerprint density at radius 3 is 2.20 bits per heavy atom. The average Bonchev–Trinajstić information content (AvgIpc) is 2.80. The van der Waals surface area contributed by atoms with E-state index in [1.807, 2.05) is 35.2 Å². The van der Waals surface area contributed by atoms with Crippen molar-refractivity contribution in [2.24, 2.45) is 0 Å². The number of benzene rings is 2. The third-order valence-corrected chi connectivity index (χ3v) is 4.95. The molecular weight excluding hydrogens is 384 g/mol. The van der Waals surface area contributed by atoms with Crippen molar-refractivity contribution in [2.45, 2.75) is 0 Å². The molecule has 1 aliphatic rings. The van der Waals surface area contributed by atoms with Crippen LogP contribution >= 0.6 is 0 Å². The zero-order valence-electron chi connectivity index (χ0n) is 17.0. The summed E-state index contributed by atoms with van der Waals surface area (Å²) in [4.78, 5) is 40.5. The van der Waals surface area contributed by atoms with Gasteiger partial charge in [-0.05, 0) is 36.4 Å². The normalized spacial score (nSPS) is 14.1. The van der Waals surface area contributed by atoms with Crippen LogP contribution in [0.15, 0.2) is 54.6 Å². The Bertz CT molecular complexity index is 862. The highest BCUT2D eigenvalue weighted by Gasteiger charge is 2.22. The molecule has 0 atom stereocenters. The van der Waals surface area contributed by atoms with Crippen LogP contribution in [0.25, 0.3) is 0 Å². The quantitative estimate of drug-likeness (QED) is 0.699. The van der Waals surface area contributed by atoms with Crippen molar-refractivity contribution in [3.05, 3.63) is 60.2 Å². The molecule has 3 rings (SSSR count). The fourth-order valence-corrected chi connectivity index (χ4v) is 3.21. The first-order valence-corrected chi connectivity index (χ1v) is 9.87. The molecule has 0 saturated carbocycles. The molecule has 0 aromatic heterocycles. The second kappa shape index (κ2) is 10.4. The van der Waals surface area contributed by atoms with Crippen molar-refractivity contribution < 1.29 is 19.1 Å². The van der Waals surface area contributed by atoms with Crippen LogP contribution in [-0.2, 0) is 9.59 Å². The molecule has 8 nitrogen and oxygen atoms in total. The highest BCUT2D eigenvalue weighted by atomic mass is 16.5. The lowest BCUT2D eigenvalue weighted by atomic mass is 10.2. The molecule has 0 radical (unpaired) electrons. The first kappa shape index (κ1) is 21.3. The van der Waals surface area contributed by atoms with Crippen molar-refractivity contribution >= 4 is 23.4 Å². The minimum Gasteiger partial charge on any atom is -0.497 e. The van der Waals surface area contributed by atoms with Gasteiger partial charge in [0.15, 0.2) is 0 Å². The maximum Gasteiger partial charge on any atom is 0.313 e. The second-order valence-electron chi connectivity index (χ2n) is 6.94. The number of anilines is 1. The van der Waals surface area contributed by atoms with Gasteiger partial charge in [-0.25, -0.2) is 0 Å². The first-order valence-electron chi connectivity index (χ1n) is 9.87. The van der Waals surface area contributed by atoms with Crippen molar-refractivity contribution in [1.29, 1.82) is 0 Å². The summed E-state index contributed by atoms with van der Waals surface area (Å²) >= 11 is 0. The molecule has 158 valence electrons. The number of rotatable bonds is 6. The largest absolute Gasteiger partial charge is 0.497 e. The molecule has 2 N–H and O–H groups in total. The highest BCUT2D eigenvalue weighted by molar-refractivity contribution is 6.39. The number of piperazine rings is 1. The van der Waals surface area contributed by atoms with E-state index in [2.05, 4.69) is 15.5 Å². The minimum atomic E-state index is -0.710. The molecule has 0 spiro atoms. The number of nitrogens with one attached hydrogen (secondary N) is 2. The number of carbonyl (C=O) groups excluding carboxylic acids is 3. The van der Waals surface area contributed by atoms with Crippen LogP contribution in [0.3, 0.4) is 0 Å². The Morgan fingerprint density at radius 2 is 1.57 bits per heavy atom. The fourth-order valence-electron chi connectivity index (χ4n) is 3.21. The molecular formula is C22H26N4O4. The molecule has 2 aromatic carbocycles. The third kappa shape index (κ3) is 5.81. The highest BCUT2D eigenvalue weighted by Crippen LogP contribution is 2.14. The van der Waals surface area contributed by atoms with Gasteiger partial charge < -0.3 is 20.3 Å². The summed E-state index contributed by atoms with van der Waals surface area (Å²) in [5.41, 5.74) is 1.22. The maximum atomic E-state index is 12.5. The van der Waals surface area contributed by atoms with Gasteiger partial charge in [0.25, 0.3) is 5.91 Å². The standard InChI is InChI=1S/C22H26N4O4/c1-30-19-9-7-18(8-10-19)24-21(28)20(27)23-11-12-25-13-15-26(16-14-25)22(29)17-5-3-2-4-6-17/h2-10H,11-16H2,1H3,(H,23,27)(H,24,28). The van der Waals surface area contributed by atoms with E-state index >= 15 is 0 Å². The van der Waals surface area contributed by atoms with E-state index in [9.17, 15) is 14.4 Å². The van der Waals surface area contributed by atoms with E-state index in [-0.39, 0.29) is 5.91 Å². The van der Waals surface area contributed by atoms with Crippen molar-refractivity contribution in [3.63, 3.8) is 0 Å². The van der Waals surface area contributed by atoms with Gasteiger partial charge in [0, 0.05) is 50.5 Å². The lowest BCUT2D eigenvalue weighted by molar-refractivity contribution is -0.136. The molecule has 0 aliphatic carbocycles. The summed E-state index contributed by atoms with van der Waals surface area (Å²) in [6, 6.07) is 16.0. The van der Waals surface area contributed by atoms with Gasteiger partial charge in [-0.1, -0.05) is 18.2 Å². The summed E-state index contributed by atoms with van der Waals surface area (Å²) < 4.78 is 5.06. The van der Waals surface area contributed by atoms with Gasteiger partial charge in [0.1, 0.15) is 5.75 Å². The summed E-state index contributed by atoms with van der Waals surface area (Å²) in [6.45, 7) is 3.72. The van der Waals surface area contributed by atoms with Crippen molar-refractivity contribution in [1.82, 2.24) is 15.1 Å². The van der Waals surface area contributed by atoms with Crippen molar-refractivity contribution in [2.75, 3.05) is 51.7 Å². The zero-order chi connectivity index (χ0) is 21.3. The Hall–Kier alpha value is -3.39. The van der Waals surface area contributed by atoms with Gasteiger partial charge in [-0.15, -0.1) is 0 Å². The van der Waals surface area contributed by atoms with Gasteiger partial charge in [-0.3, -0.25) is 19.3 Å². The van der Waals surface area contributed by atoms with E-state index in [4.69, 9.17) is 4.74 Å². The molecule has 30 heavy (non-hydrogen) atoms. The topological polar surface area (TPSA) is 91.0 Å². The number of nitrogens with zero attached hydrogens (tertiary/aromatic N) is 2. The van der Waals surface area contributed by atoms with Crippen LogP contribution in [0.2, 0.25) is 0 Å². The SMILES string of the molecule is COc1ccc(NC(=O)C(=O)NCCN2CCN(C(=O)c3ccccc3)CC2)cc1. The summed E-state index contributed by atoms with van der Waals surface area (Å²) in [5, 5.41) is 5.19. The molecule has 3 amide bonds. The van der Waals surface area contributed by atoms with Gasteiger partial charge in [-0.2, -0.15) is 0 Å². The third-order valence-electron chi connectivity index (χ3n) is 4.95. The number of hydrogen-bond acceptors (Lipinski definition) is 5. The Balaban J connectivity index is 1.35. The number of ether oxygens (including phenoxy) is 1.